The Kier molecular flexibility index (Phi) is 4.42. The van der Waals surface area contributed by atoms with Crippen molar-refractivity contribution >= 4 is 10.0 Å². The van der Waals surface area contributed by atoms with E-state index in [2.05, 4.69) is 10.1 Å². The number of morpholine rings is 1. The minimum Gasteiger partial charge on any atom is -0.379 e. The van der Waals surface area contributed by atoms with E-state index in [1.165, 1.54) is 12.8 Å². The van der Waals surface area contributed by atoms with Gasteiger partial charge in [0, 0.05) is 32.2 Å². The Hall–Kier alpha value is -0.960. The second kappa shape index (κ2) is 6.33. The van der Waals surface area contributed by atoms with Gasteiger partial charge in [-0.1, -0.05) is 5.16 Å². The summed E-state index contributed by atoms with van der Waals surface area (Å²) >= 11 is 0. The van der Waals surface area contributed by atoms with Crippen LogP contribution in [0.1, 0.15) is 37.1 Å². The lowest BCUT2D eigenvalue weighted by Gasteiger charge is -2.58. The van der Waals surface area contributed by atoms with E-state index in [9.17, 15) is 8.42 Å². The maximum absolute atomic E-state index is 13.0. The Morgan fingerprint density at radius 2 is 1.76 bits per heavy atom. The summed E-state index contributed by atoms with van der Waals surface area (Å²) in [4.78, 5) is 2.81. The van der Waals surface area contributed by atoms with Crippen LogP contribution in [0.3, 0.4) is 0 Å². The fourth-order valence-corrected chi connectivity index (χ4v) is 6.60. The number of hydrogen-bond donors (Lipinski definition) is 0. The largest absolute Gasteiger partial charge is 0.379 e. The molecule has 0 radical (unpaired) electrons. The molecule has 0 aromatic carbocycles. The molecule has 1 atom stereocenters. The number of aryl methyl sites for hydroxylation is 2. The maximum atomic E-state index is 13.0. The van der Waals surface area contributed by atoms with E-state index in [0.717, 1.165) is 39.1 Å². The van der Waals surface area contributed by atoms with Gasteiger partial charge in [-0.15, -0.1) is 0 Å². The molecule has 3 heterocycles. The highest BCUT2D eigenvalue weighted by molar-refractivity contribution is 7.89. The lowest BCUT2D eigenvalue weighted by molar-refractivity contribution is -0.0906. The van der Waals surface area contributed by atoms with Gasteiger partial charge < -0.3 is 9.26 Å². The van der Waals surface area contributed by atoms with Crippen LogP contribution in [0.2, 0.25) is 0 Å². The average Bonchev–Trinajstić information content (AvgIpc) is 2.94. The van der Waals surface area contributed by atoms with E-state index >= 15 is 0 Å². The molecule has 8 heteroatoms. The molecular formula is C17H27N3O4S. The number of ether oxygens (including phenoxy) is 1. The van der Waals surface area contributed by atoms with Crippen LogP contribution < -0.4 is 0 Å². The molecule has 7 nitrogen and oxygen atoms in total. The molecule has 1 unspecified atom stereocenters. The number of piperidine rings is 1. The van der Waals surface area contributed by atoms with Crippen LogP contribution in [0.4, 0.5) is 0 Å². The van der Waals surface area contributed by atoms with Crippen LogP contribution in [0.5, 0.6) is 0 Å². The summed E-state index contributed by atoms with van der Waals surface area (Å²) in [6.07, 6.45) is 4.33. The normalized spacial score (nSPS) is 28.2. The van der Waals surface area contributed by atoms with Crippen molar-refractivity contribution in [2.45, 2.75) is 50.5 Å². The molecular weight excluding hydrogens is 342 g/mol. The van der Waals surface area contributed by atoms with E-state index in [1.54, 1.807) is 18.2 Å². The van der Waals surface area contributed by atoms with Crippen molar-refractivity contribution in [2.24, 2.45) is 5.41 Å². The Bertz CT molecular complexity index is 712. The predicted octanol–water partition coefficient (Wildman–Crippen LogP) is 1.56. The molecule has 3 fully saturated rings. The fraction of sp³-hybridized carbons (Fsp3) is 0.824. The Balaban J connectivity index is 1.46. The van der Waals surface area contributed by atoms with Crippen LogP contribution in [0.15, 0.2) is 9.42 Å². The summed E-state index contributed by atoms with van der Waals surface area (Å²) in [5.74, 6) is 0.382. The quantitative estimate of drug-likeness (QED) is 0.805. The number of aromatic nitrogens is 1. The molecule has 1 aromatic rings. The number of nitrogens with zero attached hydrogens (tertiary/aromatic N) is 3. The Labute approximate surface area is 149 Å². The Morgan fingerprint density at radius 3 is 2.28 bits per heavy atom. The van der Waals surface area contributed by atoms with Crippen molar-refractivity contribution in [3.63, 3.8) is 0 Å². The first-order chi connectivity index (χ1) is 11.9. The molecule has 4 rings (SSSR count). The van der Waals surface area contributed by atoms with E-state index in [0.29, 0.717) is 36.0 Å². The van der Waals surface area contributed by atoms with Crippen LogP contribution in [-0.4, -0.2) is 68.2 Å². The van der Waals surface area contributed by atoms with Gasteiger partial charge in [-0.3, -0.25) is 4.90 Å². The third kappa shape index (κ3) is 2.83. The molecule has 1 aliphatic carbocycles. The van der Waals surface area contributed by atoms with Gasteiger partial charge in [0.25, 0.3) is 0 Å². The smallest absolute Gasteiger partial charge is 0.248 e. The first-order valence-corrected chi connectivity index (χ1v) is 10.6. The first kappa shape index (κ1) is 17.5. The fourth-order valence-electron chi connectivity index (χ4n) is 4.87. The van der Waals surface area contributed by atoms with Gasteiger partial charge in [0.05, 0.1) is 13.2 Å². The minimum atomic E-state index is -3.51. The van der Waals surface area contributed by atoms with Crippen LogP contribution >= 0.6 is 0 Å². The van der Waals surface area contributed by atoms with E-state index in [-0.39, 0.29) is 4.90 Å². The van der Waals surface area contributed by atoms with Gasteiger partial charge in [-0.25, -0.2) is 8.42 Å². The van der Waals surface area contributed by atoms with Gasteiger partial charge >= 0.3 is 0 Å². The van der Waals surface area contributed by atoms with Crippen molar-refractivity contribution in [1.82, 2.24) is 14.4 Å². The van der Waals surface area contributed by atoms with Gasteiger partial charge in [-0.2, -0.15) is 4.31 Å². The minimum absolute atomic E-state index is 0.252. The highest BCUT2D eigenvalue weighted by atomic mass is 32.2. The molecule has 3 aliphatic rings. The molecule has 0 N–H and O–H groups in total. The first-order valence-electron chi connectivity index (χ1n) is 9.19. The average molecular weight is 369 g/mol. The second-order valence-corrected chi connectivity index (χ2v) is 9.50. The predicted molar refractivity (Wildman–Crippen MR) is 91.8 cm³/mol. The second-order valence-electron chi connectivity index (χ2n) is 7.62. The highest BCUT2D eigenvalue weighted by Crippen LogP contribution is 2.52. The monoisotopic (exact) mass is 369 g/mol. The zero-order valence-corrected chi connectivity index (χ0v) is 15.8. The van der Waals surface area contributed by atoms with Crippen molar-refractivity contribution in [1.29, 1.82) is 0 Å². The van der Waals surface area contributed by atoms with Crippen LogP contribution in [0.25, 0.3) is 0 Å². The van der Waals surface area contributed by atoms with Gasteiger partial charge in [0.15, 0.2) is 5.76 Å². The number of hydrogen-bond acceptors (Lipinski definition) is 6. The van der Waals surface area contributed by atoms with E-state index < -0.39 is 10.0 Å². The van der Waals surface area contributed by atoms with Crippen molar-refractivity contribution in [2.75, 3.05) is 39.4 Å². The Morgan fingerprint density at radius 1 is 1.08 bits per heavy atom. The van der Waals surface area contributed by atoms with Crippen molar-refractivity contribution in [3.8, 4) is 0 Å². The van der Waals surface area contributed by atoms with Crippen molar-refractivity contribution in [3.05, 3.63) is 11.5 Å². The summed E-state index contributed by atoms with van der Waals surface area (Å²) < 4.78 is 38.1. The summed E-state index contributed by atoms with van der Waals surface area (Å²) in [7, 11) is -3.51. The third-order valence-electron chi connectivity index (χ3n) is 6.39. The van der Waals surface area contributed by atoms with Gasteiger partial charge in [0.2, 0.25) is 10.0 Å². The zero-order chi connectivity index (χ0) is 17.7. The maximum Gasteiger partial charge on any atom is 0.248 e. The van der Waals surface area contributed by atoms with Crippen LogP contribution in [0, 0.1) is 19.3 Å². The summed E-state index contributed by atoms with van der Waals surface area (Å²) in [5, 5.41) is 3.81. The van der Waals surface area contributed by atoms with Crippen LogP contribution in [-0.2, 0) is 14.8 Å². The molecule has 0 bridgehead atoms. The van der Waals surface area contributed by atoms with E-state index in [4.69, 9.17) is 9.26 Å². The summed E-state index contributed by atoms with van der Waals surface area (Å²) in [6, 6.07) is 0.598. The molecule has 2 saturated heterocycles. The molecule has 1 spiro atoms. The molecule has 1 aromatic heterocycles. The SMILES string of the molecule is Cc1noc(C)c1S(=O)(=O)N1CCC2(CCC2N2CCOCC2)CC1. The lowest BCUT2D eigenvalue weighted by Crippen LogP contribution is -2.61. The molecule has 0 amide bonds. The molecule has 2 aliphatic heterocycles. The molecule has 25 heavy (non-hydrogen) atoms. The van der Waals surface area contributed by atoms with Gasteiger partial charge in [-0.05, 0) is 44.9 Å². The highest BCUT2D eigenvalue weighted by Gasteiger charge is 2.52. The molecule has 1 saturated carbocycles. The van der Waals surface area contributed by atoms with E-state index in [1.807, 2.05) is 0 Å². The summed E-state index contributed by atoms with van der Waals surface area (Å²) in [5.41, 5.74) is 0.745. The number of rotatable bonds is 3. The topological polar surface area (TPSA) is 75.9 Å². The standard InChI is InChI=1S/C17H27N3O4S/c1-13-16(14(2)24-18-13)25(21,22)20-7-5-17(6-8-20)4-3-15(17)19-9-11-23-12-10-19/h15H,3-12H2,1-2H3. The third-order valence-corrected chi connectivity index (χ3v) is 8.54. The zero-order valence-electron chi connectivity index (χ0n) is 15.0. The number of sulfonamides is 1. The summed E-state index contributed by atoms with van der Waals surface area (Å²) in [6.45, 7) is 8.19. The lowest BCUT2D eigenvalue weighted by atomic mass is 9.59. The van der Waals surface area contributed by atoms with Gasteiger partial charge in [0.1, 0.15) is 10.6 Å². The molecule has 140 valence electrons. The van der Waals surface area contributed by atoms with Crippen molar-refractivity contribution < 1.29 is 17.7 Å².